The maximum atomic E-state index is 13.7. The molecule has 0 aliphatic carbocycles. The monoisotopic (exact) mass is 283 g/mol. The molecule has 1 aromatic heterocycles. The molecule has 0 atom stereocenters. The van der Waals surface area contributed by atoms with Crippen molar-refractivity contribution in [3.63, 3.8) is 0 Å². The van der Waals surface area contributed by atoms with Gasteiger partial charge < -0.3 is 9.73 Å². The summed E-state index contributed by atoms with van der Waals surface area (Å²) in [5.41, 5.74) is 0.194. The number of nitrogens with one attached hydrogen (secondary N) is 1. The van der Waals surface area contributed by atoms with Gasteiger partial charge in [-0.15, -0.1) is 10.2 Å². The molecule has 0 radical (unpaired) electrons. The molecule has 0 bridgehead atoms. The highest BCUT2D eigenvalue weighted by Gasteiger charge is 2.15. The third-order valence-corrected chi connectivity index (χ3v) is 2.63. The lowest BCUT2D eigenvalue weighted by atomic mass is 10.1. The van der Waals surface area contributed by atoms with Crippen LogP contribution in [0.5, 0.6) is 0 Å². The Labute approximate surface area is 116 Å². The first-order valence-corrected chi connectivity index (χ1v) is 6.26. The summed E-state index contributed by atoms with van der Waals surface area (Å²) in [4.78, 5) is 0. The van der Waals surface area contributed by atoms with E-state index in [0.29, 0.717) is 17.5 Å². The molecule has 1 N–H and O–H groups in total. The number of aromatic nitrogens is 2. The number of benzene rings is 1. The van der Waals surface area contributed by atoms with Crippen molar-refractivity contribution in [1.29, 1.82) is 0 Å². The highest BCUT2D eigenvalue weighted by atomic mass is 35.5. The van der Waals surface area contributed by atoms with Gasteiger partial charge in [-0.1, -0.05) is 11.6 Å². The van der Waals surface area contributed by atoms with Crippen LogP contribution >= 0.6 is 11.6 Å². The fourth-order valence-electron chi connectivity index (χ4n) is 1.44. The van der Waals surface area contributed by atoms with E-state index in [9.17, 15) is 4.39 Å². The quantitative estimate of drug-likeness (QED) is 0.938. The summed E-state index contributed by atoms with van der Waals surface area (Å²) in [5.74, 6) is 0.0885. The third-order valence-electron chi connectivity index (χ3n) is 2.40. The first kappa shape index (κ1) is 14.0. The number of hydrogen-bond acceptors (Lipinski definition) is 4. The number of nitrogens with zero attached hydrogens (tertiary/aromatic N) is 2. The van der Waals surface area contributed by atoms with Crippen LogP contribution in [0.1, 0.15) is 26.7 Å². The van der Waals surface area contributed by atoms with Gasteiger partial charge in [-0.3, -0.25) is 0 Å². The molecule has 2 rings (SSSR count). The molecule has 1 heterocycles. The van der Waals surface area contributed by atoms with Crippen molar-refractivity contribution in [2.75, 3.05) is 0 Å². The van der Waals surface area contributed by atoms with Crippen LogP contribution in [-0.2, 0) is 6.54 Å². The SMILES string of the molecule is CC(C)(C)NCc1nnc(-c2ccc(Cl)cc2F)o1. The largest absolute Gasteiger partial charge is 0.419 e. The van der Waals surface area contributed by atoms with Crippen molar-refractivity contribution in [2.45, 2.75) is 32.9 Å². The Balaban J connectivity index is 2.16. The normalized spacial score (nSPS) is 11.8. The van der Waals surface area contributed by atoms with Crippen LogP contribution in [0, 0.1) is 5.82 Å². The smallest absolute Gasteiger partial charge is 0.250 e. The first-order valence-electron chi connectivity index (χ1n) is 5.88. The third kappa shape index (κ3) is 3.75. The van der Waals surface area contributed by atoms with Gasteiger partial charge in [0.05, 0.1) is 12.1 Å². The van der Waals surface area contributed by atoms with E-state index in [0.717, 1.165) is 0 Å². The van der Waals surface area contributed by atoms with Gasteiger partial charge in [0.25, 0.3) is 5.89 Å². The van der Waals surface area contributed by atoms with Crippen LogP contribution < -0.4 is 5.32 Å². The van der Waals surface area contributed by atoms with E-state index in [4.69, 9.17) is 16.0 Å². The highest BCUT2D eigenvalue weighted by molar-refractivity contribution is 6.30. The molecule has 1 aromatic carbocycles. The molecule has 4 nitrogen and oxygen atoms in total. The van der Waals surface area contributed by atoms with Crippen LogP contribution in [0.15, 0.2) is 22.6 Å². The molecule has 0 saturated heterocycles. The Morgan fingerprint density at radius 2 is 2.05 bits per heavy atom. The summed E-state index contributed by atoms with van der Waals surface area (Å²) in [6.07, 6.45) is 0. The Morgan fingerprint density at radius 3 is 2.68 bits per heavy atom. The van der Waals surface area contributed by atoms with Gasteiger partial charge >= 0.3 is 0 Å². The zero-order valence-corrected chi connectivity index (χ0v) is 11.8. The van der Waals surface area contributed by atoms with Crippen molar-refractivity contribution >= 4 is 11.6 Å². The van der Waals surface area contributed by atoms with Gasteiger partial charge in [-0.25, -0.2) is 4.39 Å². The maximum Gasteiger partial charge on any atom is 0.250 e. The van der Waals surface area contributed by atoms with Crippen molar-refractivity contribution in [3.05, 3.63) is 34.9 Å². The van der Waals surface area contributed by atoms with Crippen molar-refractivity contribution in [3.8, 4) is 11.5 Å². The standard InChI is InChI=1S/C13H15ClFN3O/c1-13(2,3)16-7-11-17-18-12(19-11)9-5-4-8(14)6-10(9)15/h4-6,16H,7H2,1-3H3. The van der Waals surface area contributed by atoms with E-state index < -0.39 is 5.82 Å². The van der Waals surface area contributed by atoms with Gasteiger partial charge in [0.1, 0.15) is 5.82 Å². The van der Waals surface area contributed by atoms with Gasteiger partial charge in [-0.05, 0) is 39.0 Å². The summed E-state index contributed by atoms with van der Waals surface area (Å²) < 4.78 is 19.1. The van der Waals surface area contributed by atoms with Crippen LogP contribution in [0.25, 0.3) is 11.5 Å². The van der Waals surface area contributed by atoms with Crippen LogP contribution in [0.2, 0.25) is 5.02 Å². The maximum absolute atomic E-state index is 13.7. The molecule has 102 valence electrons. The fraction of sp³-hybridized carbons (Fsp3) is 0.385. The number of halogens is 2. The van der Waals surface area contributed by atoms with Crippen molar-refractivity contribution < 1.29 is 8.81 Å². The lowest BCUT2D eigenvalue weighted by molar-refractivity contribution is 0.383. The average molecular weight is 284 g/mol. The van der Waals surface area contributed by atoms with E-state index in [-0.39, 0.29) is 17.0 Å². The summed E-state index contributed by atoms with van der Waals surface area (Å²) in [7, 11) is 0. The Hall–Kier alpha value is -1.46. The molecule has 0 spiro atoms. The Morgan fingerprint density at radius 1 is 1.32 bits per heavy atom. The van der Waals surface area contributed by atoms with E-state index >= 15 is 0 Å². The lowest BCUT2D eigenvalue weighted by Gasteiger charge is -2.18. The van der Waals surface area contributed by atoms with Crippen LogP contribution in [-0.4, -0.2) is 15.7 Å². The summed E-state index contributed by atoms with van der Waals surface area (Å²) >= 11 is 5.69. The van der Waals surface area contributed by atoms with E-state index in [1.54, 1.807) is 6.07 Å². The van der Waals surface area contributed by atoms with Crippen LogP contribution in [0.3, 0.4) is 0 Å². The second-order valence-electron chi connectivity index (χ2n) is 5.23. The van der Waals surface area contributed by atoms with Gasteiger partial charge in [-0.2, -0.15) is 0 Å². The van der Waals surface area contributed by atoms with Crippen LogP contribution in [0.4, 0.5) is 4.39 Å². The van der Waals surface area contributed by atoms with Gasteiger partial charge in [0, 0.05) is 10.6 Å². The lowest BCUT2D eigenvalue weighted by Crippen LogP contribution is -2.35. The minimum atomic E-state index is -0.480. The summed E-state index contributed by atoms with van der Waals surface area (Å²) in [6, 6.07) is 4.32. The second kappa shape index (κ2) is 5.27. The van der Waals surface area contributed by atoms with E-state index in [1.807, 2.05) is 20.8 Å². The van der Waals surface area contributed by atoms with Crippen molar-refractivity contribution in [1.82, 2.24) is 15.5 Å². The molecule has 0 aliphatic heterocycles. The summed E-state index contributed by atoms with van der Waals surface area (Å²) in [5, 5.41) is 11.3. The molecule has 0 unspecified atom stereocenters. The molecule has 6 heteroatoms. The Bertz CT molecular complexity index is 578. The average Bonchev–Trinajstić information content (AvgIpc) is 2.74. The first-order chi connectivity index (χ1) is 8.85. The van der Waals surface area contributed by atoms with Gasteiger partial charge in [0.2, 0.25) is 5.89 Å². The van der Waals surface area contributed by atoms with E-state index in [1.165, 1.54) is 12.1 Å². The summed E-state index contributed by atoms with van der Waals surface area (Å²) in [6.45, 7) is 6.53. The van der Waals surface area contributed by atoms with E-state index in [2.05, 4.69) is 15.5 Å². The zero-order valence-electron chi connectivity index (χ0n) is 11.0. The Kier molecular flexibility index (Phi) is 3.87. The minimum absolute atomic E-state index is 0.0554. The molecule has 19 heavy (non-hydrogen) atoms. The topological polar surface area (TPSA) is 51.0 Å². The molecule has 2 aromatic rings. The predicted molar refractivity (Wildman–Crippen MR) is 71.3 cm³/mol. The molecule has 0 aliphatic rings. The fourth-order valence-corrected chi connectivity index (χ4v) is 1.60. The molecular formula is C13H15ClFN3O. The number of rotatable bonds is 3. The number of hydrogen-bond donors (Lipinski definition) is 1. The second-order valence-corrected chi connectivity index (χ2v) is 5.67. The molecule has 0 amide bonds. The zero-order chi connectivity index (χ0) is 14.0. The highest BCUT2D eigenvalue weighted by Crippen LogP contribution is 2.24. The molecular weight excluding hydrogens is 269 g/mol. The molecule has 0 saturated carbocycles. The van der Waals surface area contributed by atoms with Crippen molar-refractivity contribution in [2.24, 2.45) is 0 Å². The minimum Gasteiger partial charge on any atom is -0.419 e. The molecule has 0 fully saturated rings. The predicted octanol–water partition coefficient (Wildman–Crippen LogP) is 3.42. The van der Waals surface area contributed by atoms with Gasteiger partial charge in [0.15, 0.2) is 0 Å².